The number of thioether (sulfide) groups is 1. The van der Waals surface area contributed by atoms with Crippen LogP contribution in [0.4, 0.5) is 18.9 Å². The van der Waals surface area contributed by atoms with Crippen molar-refractivity contribution in [3.05, 3.63) is 58.7 Å². The molecule has 0 spiro atoms. The van der Waals surface area contributed by atoms with Crippen molar-refractivity contribution >= 4 is 29.4 Å². The molecule has 1 saturated heterocycles. The monoisotopic (exact) mass is 463 g/mol. The highest BCUT2D eigenvalue weighted by Crippen LogP contribution is 2.59. The summed E-state index contributed by atoms with van der Waals surface area (Å²) in [5, 5.41) is 10.7. The summed E-state index contributed by atoms with van der Waals surface area (Å²) >= 11 is 1.07. The first-order valence-corrected chi connectivity index (χ1v) is 10.2. The molecule has 3 N–H and O–H groups in total. The second kappa shape index (κ2) is 8.33. The van der Waals surface area contributed by atoms with Gasteiger partial charge in [0.1, 0.15) is 17.6 Å². The number of carbonyl (C=O) groups excluding carboxylic acids is 1. The number of amides is 1. The van der Waals surface area contributed by atoms with Crippen molar-refractivity contribution in [3.63, 3.8) is 0 Å². The van der Waals surface area contributed by atoms with Crippen LogP contribution in [0.15, 0.2) is 35.5 Å². The Morgan fingerprint density at radius 1 is 1.47 bits per heavy atom. The van der Waals surface area contributed by atoms with Crippen LogP contribution in [-0.4, -0.2) is 41.1 Å². The molecule has 166 valence electrons. The van der Waals surface area contributed by atoms with Gasteiger partial charge in [0.2, 0.25) is 0 Å². The molecule has 0 bridgehead atoms. The summed E-state index contributed by atoms with van der Waals surface area (Å²) in [6.45, 7) is 0.0166. The zero-order valence-electron chi connectivity index (χ0n) is 16.5. The van der Waals surface area contributed by atoms with E-state index < -0.39 is 46.0 Å². The van der Waals surface area contributed by atoms with E-state index in [0.29, 0.717) is 5.56 Å². The Labute approximate surface area is 184 Å². The third-order valence-electron chi connectivity index (χ3n) is 5.02. The zero-order valence-corrected chi connectivity index (χ0v) is 17.3. The van der Waals surface area contributed by atoms with E-state index in [1.54, 1.807) is 0 Å². The van der Waals surface area contributed by atoms with E-state index in [1.165, 1.54) is 25.4 Å². The van der Waals surface area contributed by atoms with Gasteiger partial charge in [-0.05, 0) is 24.3 Å². The molecule has 0 aliphatic carbocycles. The van der Waals surface area contributed by atoms with Crippen molar-refractivity contribution in [2.75, 3.05) is 12.4 Å². The fourth-order valence-corrected chi connectivity index (χ4v) is 4.64. The molecule has 2 aliphatic rings. The van der Waals surface area contributed by atoms with E-state index in [1.807, 2.05) is 6.07 Å². The van der Waals surface area contributed by atoms with E-state index in [2.05, 4.69) is 15.3 Å². The van der Waals surface area contributed by atoms with Gasteiger partial charge < -0.3 is 20.5 Å². The summed E-state index contributed by atoms with van der Waals surface area (Å²) in [5.41, 5.74) is 2.91. The summed E-state index contributed by atoms with van der Waals surface area (Å²) < 4.78 is 53.4. The smallest absolute Gasteiger partial charge is 0.284 e. The topological polar surface area (TPSA) is 123 Å². The van der Waals surface area contributed by atoms with E-state index >= 15 is 0 Å². The third kappa shape index (κ3) is 3.74. The van der Waals surface area contributed by atoms with Gasteiger partial charge in [0, 0.05) is 30.1 Å². The first-order chi connectivity index (χ1) is 15.3. The molecule has 12 heteroatoms. The molecule has 1 amide bonds. The lowest BCUT2D eigenvalue weighted by atomic mass is 9.86. The average molecular weight is 463 g/mol. The summed E-state index contributed by atoms with van der Waals surface area (Å²) in [7, 11) is 1.42. The molecular weight excluding hydrogens is 447 g/mol. The Kier molecular flexibility index (Phi) is 5.70. The van der Waals surface area contributed by atoms with Crippen LogP contribution in [0.25, 0.3) is 0 Å². The fourth-order valence-electron chi connectivity index (χ4n) is 3.54. The normalized spacial score (nSPS) is 23.6. The number of carbonyl (C=O) groups is 1. The van der Waals surface area contributed by atoms with Crippen LogP contribution in [0.5, 0.6) is 0 Å². The van der Waals surface area contributed by atoms with E-state index in [0.717, 1.165) is 23.9 Å². The molecule has 1 aromatic heterocycles. The largest absolute Gasteiger partial charge is 0.450 e. The Balaban J connectivity index is 1.69. The average Bonchev–Trinajstić information content (AvgIpc) is 3.54. The summed E-state index contributed by atoms with van der Waals surface area (Å²) in [5.74, 6) is -1.59. The van der Waals surface area contributed by atoms with Crippen LogP contribution in [0.2, 0.25) is 0 Å². The lowest BCUT2D eigenvalue weighted by Gasteiger charge is -2.32. The number of benzene rings is 1. The van der Waals surface area contributed by atoms with Crippen molar-refractivity contribution < 1.29 is 27.4 Å². The van der Waals surface area contributed by atoms with Crippen molar-refractivity contribution in [3.8, 4) is 6.07 Å². The number of ether oxygens (including phenoxy) is 2. The number of nitrogens with two attached hydrogens (primary N) is 1. The standard InChI is InChI=1S/C20H16F3N5O3S/c1-30-8-10-4-9(6-24)7-26-14(10)16(29)27-11-2-3-13(21)12(5-11)20(18(22)23)15-17(32-15)31-19(25)28-20/h2-5,7,15,17-18H,8H2,1H3,(H2,25,28)(H,27,29)/t15-,17+,20+/m0/s1. The fraction of sp³-hybridized carbons (Fsp3) is 0.300. The molecule has 3 atom stereocenters. The van der Waals surface area contributed by atoms with Gasteiger partial charge in [-0.2, -0.15) is 5.26 Å². The van der Waals surface area contributed by atoms with Crippen molar-refractivity contribution in [1.29, 1.82) is 5.26 Å². The molecule has 32 heavy (non-hydrogen) atoms. The maximum Gasteiger partial charge on any atom is 0.284 e. The molecule has 1 fully saturated rings. The Morgan fingerprint density at radius 2 is 2.25 bits per heavy atom. The number of alkyl halides is 2. The highest BCUT2D eigenvalue weighted by Gasteiger charge is 2.65. The van der Waals surface area contributed by atoms with Gasteiger partial charge in [0.25, 0.3) is 18.4 Å². The number of methoxy groups -OCH3 is 1. The molecule has 2 aromatic rings. The van der Waals surface area contributed by atoms with E-state index in [9.17, 15) is 18.0 Å². The van der Waals surface area contributed by atoms with Crippen molar-refractivity contribution in [1.82, 2.24) is 4.98 Å². The van der Waals surface area contributed by atoms with Gasteiger partial charge in [-0.25, -0.2) is 23.1 Å². The van der Waals surface area contributed by atoms with Crippen LogP contribution in [0.3, 0.4) is 0 Å². The molecule has 0 saturated carbocycles. The van der Waals surface area contributed by atoms with Gasteiger partial charge in [-0.15, -0.1) is 11.8 Å². The van der Waals surface area contributed by atoms with Crippen LogP contribution >= 0.6 is 11.8 Å². The first kappa shape index (κ1) is 21.9. The lowest BCUT2D eigenvalue weighted by Crippen LogP contribution is -2.45. The van der Waals surface area contributed by atoms with Gasteiger partial charge in [-0.3, -0.25) is 4.79 Å². The Morgan fingerprint density at radius 3 is 2.94 bits per heavy atom. The Hall–Kier alpha value is -3.30. The highest BCUT2D eigenvalue weighted by molar-refractivity contribution is 8.07. The lowest BCUT2D eigenvalue weighted by molar-refractivity contribution is 0.0352. The number of hydrogen-bond donors (Lipinski definition) is 2. The van der Waals surface area contributed by atoms with Gasteiger partial charge in [-0.1, -0.05) is 0 Å². The molecule has 1 aromatic carbocycles. The minimum atomic E-state index is -3.07. The molecule has 4 rings (SSSR count). The predicted molar refractivity (Wildman–Crippen MR) is 110 cm³/mol. The molecule has 2 aliphatic heterocycles. The maximum absolute atomic E-state index is 14.7. The van der Waals surface area contributed by atoms with Crippen molar-refractivity contribution in [2.24, 2.45) is 10.7 Å². The summed E-state index contributed by atoms with van der Waals surface area (Å²) in [6, 6.07) is 6.25. The maximum atomic E-state index is 14.7. The van der Waals surface area contributed by atoms with Crippen molar-refractivity contribution in [2.45, 2.75) is 29.3 Å². The van der Waals surface area contributed by atoms with Crippen LogP contribution < -0.4 is 11.1 Å². The van der Waals surface area contributed by atoms with Crippen LogP contribution in [-0.2, 0) is 21.6 Å². The molecule has 3 heterocycles. The molecular formula is C20H16F3N5O3S. The van der Waals surface area contributed by atoms with E-state index in [4.69, 9.17) is 20.5 Å². The second-order valence-corrected chi connectivity index (χ2v) is 8.29. The van der Waals surface area contributed by atoms with E-state index in [-0.39, 0.29) is 23.6 Å². The number of aliphatic imine (C=N–C) groups is 1. The molecule has 0 unspecified atom stereocenters. The quantitative estimate of drug-likeness (QED) is 0.632. The number of aromatic nitrogens is 1. The van der Waals surface area contributed by atoms with Gasteiger partial charge in [0.05, 0.1) is 17.4 Å². The minimum absolute atomic E-state index is 0.0166. The highest BCUT2D eigenvalue weighted by atomic mass is 32.2. The van der Waals surface area contributed by atoms with Gasteiger partial charge >= 0.3 is 0 Å². The van der Waals surface area contributed by atoms with Gasteiger partial charge in [0.15, 0.2) is 11.0 Å². The number of nitrogens with one attached hydrogen (secondary N) is 1. The first-order valence-electron chi connectivity index (χ1n) is 9.25. The summed E-state index contributed by atoms with van der Waals surface area (Å²) in [6.07, 6.45) is -1.85. The number of hydrogen-bond acceptors (Lipinski definition) is 8. The molecule has 0 radical (unpaired) electrons. The van der Waals surface area contributed by atoms with Crippen LogP contribution in [0.1, 0.15) is 27.2 Å². The number of nitrogens with zero attached hydrogens (tertiary/aromatic N) is 3. The number of pyridine rings is 1. The molecule has 8 nitrogen and oxygen atoms in total. The third-order valence-corrected chi connectivity index (χ3v) is 6.24. The number of halogens is 3. The number of fused-ring (bicyclic) bond motifs is 1. The zero-order chi connectivity index (χ0) is 23.0. The summed E-state index contributed by atoms with van der Waals surface area (Å²) in [4.78, 5) is 20.6. The predicted octanol–water partition coefficient (Wildman–Crippen LogP) is 2.74. The minimum Gasteiger partial charge on any atom is -0.450 e. The second-order valence-electron chi connectivity index (χ2n) is 7.04. The number of rotatable bonds is 6. The Bertz CT molecular complexity index is 1160. The van der Waals surface area contributed by atoms with Crippen LogP contribution in [0, 0.1) is 17.1 Å². The number of anilines is 1. The SMILES string of the molecule is COCc1cc(C#N)cnc1C(=O)Nc1ccc(F)c([C@@]2(C(F)F)N=C(N)O[C@@H]3S[C@@H]32)c1. The number of amidine groups is 1. The number of nitriles is 1.